The summed E-state index contributed by atoms with van der Waals surface area (Å²) in [6.45, 7) is 1.56. The standard InChI is InChI=1S/C12H10F3NO3/c1-2-3-10(17)16-9-5-7(11(18)19)4-8(6-9)12(13,14)15/h2-6H,1H3,(H,16,17)(H,18,19)/b3-2+. The average molecular weight is 273 g/mol. The zero-order valence-corrected chi connectivity index (χ0v) is 9.78. The fourth-order valence-electron chi connectivity index (χ4n) is 1.32. The minimum absolute atomic E-state index is 0.227. The molecule has 19 heavy (non-hydrogen) atoms. The van der Waals surface area contributed by atoms with Crippen LogP contribution in [0.25, 0.3) is 0 Å². The summed E-state index contributed by atoms with van der Waals surface area (Å²) in [5.74, 6) is -2.15. The van der Waals surface area contributed by atoms with Crippen LogP contribution in [0.5, 0.6) is 0 Å². The molecule has 2 N–H and O–H groups in total. The Balaban J connectivity index is 3.21. The van der Waals surface area contributed by atoms with Gasteiger partial charge in [-0.3, -0.25) is 4.79 Å². The number of hydrogen-bond donors (Lipinski definition) is 2. The number of halogens is 3. The molecule has 0 saturated heterocycles. The van der Waals surface area contributed by atoms with Crippen molar-refractivity contribution in [3.05, 3.63) is 41.5 Å². The van der Waals surface area contributed by atoms with Crippen molar-refractivity contribution in [3.63, 3.8) is 0 Å². The van der Waals surface area contributed by atoms with Crippen molar-refractivity contribution < 1.29 is 27.9 Å². The first-order valence-corrected chi connectivity index (χ1v) is 5.13. The normalized spacial score (nSPS) is 11.6. The quantitative estimate of drug-likeness (QED) is 0.832. The van der Waals surface area contributed by atoms with E-state index in [0.717, 1.165) is 12.1 Å². The largest absolute Gasteiger partial charge is 0.478 e. The topological polar surface area (TPSA) is 66.4 Å². The third-order valence-corrected chi connectivity index (χ3v) is 2.09. The number of carbonyl (C=O) groups excluding carboxylic acids is 1. The first kappa shape index (κ1) is 14.7. The minimum atomic E-state index is -4.69. The summed E-state index contributed by atoms with van der Waals surface area (Å²) in [6, 6.07) is 2.14. The van der Waals surface area contributed by atoms with E-state index in [-0.39, 0.29) is 5.69 Å². The van der Waals surface area contributed by atoms with E-state index in [1.165, 1.54) is 6.08 Å². The van der Waals surface area contributed by atoms with E-state index in [2.05, 4.69) is 5.32 Å². The van der Waals surface area contributed by atoms with Gasteiger partial charge in [-0.1, -0.05) is 6.08 Å². The molecule has 0 aliphatic heterocycles. The molecule has 4 nitrogen and oxygen atoms in total. The van der Waals surface area contributed by atoms with Crippen LogP contribution in [-0.2, 0) is 11.0 Å². The number of allylic oxidation sites excluding steroid dienone is 1. The first-order chi connectivity index (χ1) is 8.74. The molecule has 0 aliphatic carbocycles. The maximum absolute atomic E-state index is 12.6. The molecular weight excluding hydrogens is 263 g/mol. The monoisotopic (exact) mass is 273 g/mol. The number of amides is 1. The van der Waals surface area contributed by atoms with Crippen molar-refractivity contribution in [2.75, 3.05) is 5.32 Å². The van der Waals surface area contributed by atoms with Crippen LogP contribution in [0.2, 0.25) is 0 Å². The van der Waals surface area contributed by atoms with Crippen molar-refractivity contribution in [2.24, 2.45) is 0 Å². The average Bonchev–Trinajstić information content (AvgIpc) is 2.27. The smallest absolute Gasteiger partial charge is 0.416 e. The molecule has 0 saturated carbocycles. The van der Waals surface area contributed by atoms with E-state index in [1.807, 2.05) is 0 Å². The molecule has 0 aliphatic rings. The van der Waals surface area contributed by atoms with E-state index >= 15 is 0 Å². The Morgan fingerprint density at radius 3 is 2.37 bits per heavy atom. The summed E-state index contributed by atoms with van der Waals surface area (Å²) >= 11 is 0. The molecule has 0 fully saturated rings. The highest BCUT2D eigenvalue weighted by Gasteiger charge is 2.31. The van der Waals surface area contributed by atoms with Crippen molar-refractivity contribution in [2.45, 2.75) is 13.1 Å². The lowest BCUT2D eigenvalue weighted by atomic mass is 10.1. The summed E-state index contributed by atoms with van der Waals surface area (Å²) in [5.41, 5.74) is -1.91. The Bertz CT molecular complexity index is 536. The van der Waals surface area contributed by atoms with E-state index in [1.54, 1.807) is 6.92 Å². The molecule has 0 heterocycles. The molecule has 1 amide bonds. The third-order valence-electron chi connectivity index (χ3n) is 2.09. The number of aromatic carboxylic acids is 1. The van der Waals surface area contributed by atoms with Gasteiger partial charge in [0.2, 0.25) is 5.91 Å². The maximum Gasteiger partial charge on any atom is 0.416 e. The minimum Gasteiger partial charge on any atom is -0.478 e. The number of nitrogens with one attached hydrogen (secondary N) is 1. The summed E-state index contributed by atoms with van der Waals surface area (Å²) in [5, 5.41) is 10.9. The number of hydrogen-bond acceptors (Lipinski definition) is 2. The summed E-state index contributed by atoms with van der Waals surface area (Å²) < 4.78 is 37.7. The molecular formula is C12H10F3NO3. The van der Waals surface area contributed by atoms with E-state index in [0.29, 0.717) is 12.1 Å². The Hall–Kier alpha value is -2.31. The van der Waals surface area contributed by atoms with Crippen LogP contribution in [0, 0.1) is 0 Å². The Morgan fingerprint density at radius 2 is 1.89 bits per heavy atom. The van der Waals surface area contributed by atoms with E-state index < -0.39 is 29.2 Å². The van der Waals surface area contributed by atoms with Crippen LogP contribution < -0.4 is 5.32 Å². The number of carbonyl (C=O) groups is 2. The Morgan fingerprint density at radius 1 is 1.26 bits per heavy atom. The Labute approximate surface area is 106 Å². The lowest BCUT2D eigenvalue weighted by molar-refractivity contribution is -0.137. The molecule has 0 radical (unpaired) electrons. The second-order valence-electron chi connectivity index (χ2n) is 3.59. The van der Waals surface area contributed by atoms with Crippen LogP contribution >= 0.6 is 0 Å². The van der Waals surface area contributed by atoms with Crippen LogP contribution in [0.4, 0.5) is 18.9 Å². The molecule has 0 atom stereocenters. The van der Waals surface area contributed by atoms with E-state index in [9.17, 15) is 22.8 Å². The molecule has 1 aromatic rings. The lowest BCUT2D eigenvalue weighted by Crippen LogP contribution is -2.12. The van der Waals surface area contributed by atoms with Gasteiger partial charge >= 0.3 is 12.1 Å². The maximum atomic E-state index is 12.6. The Kier molecular flexibility index (Phi) is 4.31. The molecule has 7 heteroatoms. The molecule has 0 bridgehead atoms. The highest BCUT2D eigenvalue weighted by Crippen LogP contribution is 2.32. The number of carboxylic acid groups (broad SMARTS) is 1. The van der Waals surface area contributed by atoms with Crippen LogP contribution in [0.1, 0.15) is 22.8 Å². The summed E-state index contributed by atoms with van der Waals surface area (Å²) in [7, 11) is 0. The highest BCUT2D eigenvalue weighted by atomic mass is 19.4. The van der Waals surface area contributed by atoms with Gasteiger partial charge in [0.1, 0.15) is 0 Å². The molecule has 1 aromatic carbocycles. The zero-order chi connectivity index (χ0) is 14.6. The van der Waals surface area contributed by atoms with Gasteiger partial charge < -0.3 is 10.4 Å². The van der Waals surface area contributed by atoms with Gasteiger partial charge in [-0.05, 0) is 31.2 Å². The zero-order valence-electron chi connectivity index (χ0n) is 9.78. The fourth-order valence-corrected chi connectivity index (χ4v) is 1.32. The highest BCUT2D eigenvalue weighted by molar-refractivity contribution is 6.00. The number of anilines is 1. The van der Waals surface area contributed by atoms with Gasteiger partial charge in [-0.2, -0.15) is 13.2 Å². The predicted octanol–water partition coefficient (Wildman–Crippen LogP) is 2.92. The predicted molar refractivity (Wildman–Crippen MR) is 61.8 cm³/mol. The molecule has 0 aromatic heterocycles. The number of alkyl halides is 3. The first-order valence-electron chi connectivity index (χ1n) is 5.13. The SMILES string of the molecule is C/C=C/C(=O)Nc1cc(C(=O)O)cc(C(F)(F)F)c1. The number of benzene rings is 1. The number of carboxylic acids is 1. The van der Waals surface area contributed by atoms with Crippen LogP contribution in [0.3, 0.4) is 0 Å². The number of rotatable bonds is 3. The van der Waals surface area contributed by atoms with Gasteiger partial charge in [-0.25, -0.2) is 4.79 Å². The molecule has 102 valence electrons. The van der Waals surface area contributed by atoms with Gasteiger partial charge in [-0.15, -0.1) is 0 Å². The molecule has 1 rings (SSSR count). The lowest BCUT2D eigenvalue weighted by Gasteiger charge is -2.10. The summed E-state index contributed by atoms with van der Waals surface area (Å²) in [4.78, 5) is 22.0. The van der Waals surface area contributed by atoms with Gasteiger partial charge in [0, 0.05) is 5.69 Å². The van der Waals surface area contributed by atoms with Crippen LogP contribution in [-0.4, -0.2) is 17.0 Å². The fraction of sp³-hybridized carbons (Fsp3) is 0.167. The molecule has 0 spiro atoms. The van der Waals surface area contributed by atoms with Crippen molar-refractivity contribution in [3.8, 4) is 0 Å². The molecule has 0 unspecified atom stereocenters. The van der Waals surface area contributed by atoms with Gasteiger partial charge in [0.15, 0.2) is 0 Å². The van der Waals surface area contributed by atoms with Crippen molar-refractivity contribution in [1.82, 2.24) is 0 Å². The van der Waals surface area contributed by atoms with E-state index in [4.69, 9.17) is 5.11 Å². The van der Waals surface area contributed by atoms with Gasteiger partial charge in [0.25, 0.3) is 0 Å². The van der Waals surface area contributed by atoms with Crippen molar-refractivity contribution in [1.29, 1.82) is 0 Å². The van der Waals surface area contributed by atoms with Gasteiger partial charge in [0.05, 0.1) is 11.1 Å². The summed E-state index contributed by atoms with van der Waals surface area (Å²) in [6.07, 6.45) is -2.17. The third kappa shape index (κ3) is 4.13. The van der Waals surface area contributed by atoms with Crippen molar-refractivity contribution >= 4 is 17.6 Å². The van der Waals surface area contributed by atoms with Crippen LogP contribution in [0.15, 0.2) is 30.4 Å². The second kappa shape index (κ2) is 5.55. The second-order valence-corrected chi connectivity index (χ2v) is 3.59.